The molecule has 3 rings (SSSR count). The van der Waals surface area contributed by atoms with Crippen LogP contribution in [0.2, 0.25) is 0 Å². The largest absolute Gasteiger partial charge is 0.339 e. The minimum absolute atomic E-state index is 0.0149. The smallest absolute Gasteiger partial charge is 0.256 e. The number of benzene rings is 1. The Labute approximate surface area is 160 Å². The molecule has 0 aliphatic carbocycles. The van der Waals surface area contributed by atoms with Crippen LogP contribution in [0.4, 0.5) is 0 Å². The van der Waals surface area contributed by atoms with Crippen LogP contribution in [0.3, 0.4) is 0 Å². The lowest BCUT2D eigenvalue weighted by Crippen LogP contribution is -2.50. The summed E-state index contributed by atoms with van der Waals surface area (Å²) in [6.45, 7) is 5.53. The van der Waals surface area contributed by atoms with Gasteiger partial charge in [0.1, 0.15) is 6.54 Å². The number of aromatic nitrogens is 1. The molecule has 0 spiro atoms. The number of nitrogens with zero attached hydrogens (tertiary/aromatic N) is 3. The summed E-state index contributed by atoms with van der Waals surface area (Å²) in [5, 5.41) is 3.24. The SMILES string of the molecule is CCc1ccc(CN(CC(=O)N2CCNCC2)C(=O)c2cccnc2)cc1. The molecule has 1 aliphatic rings. The van der Waals surface area contributed by atoms with Crippen molar-refractivity contribution in [1.82, 2.24) is 20.1 Å². The summed E-state index contributed by atoms with van der Waals surface area (Å²) in [6, 6.07) is 11.7. The Bertz CT molecular complexity index is 756. The molecule has 1 aliphatic heterocycles. The summed E-state index contributed by atoms with van der Waals surface area (Å²) in [5.74, 6) is -0.190. The zero-order valence-corrected chi connectivity index (χ0v) is 15.7. The van der Waals surface area contributed by atoms with E-state index in [0.29, 0.717) is 25.2 Å². The van der Waals surface area contributed by atoms with Crippen molar-refractivity contribution in [3.05, 3.63) is 65.5 Å². The normalized spacial score (nSPS) is 14.0. The van der Waals surface area contributed by atoms with Gasteiger partial charge in [0.15, 0.2) is 0 Å². The number of pyridine rings is 1. The quantitative estimate of drug-likeness (QED) is 0.845. The molecular weight excluding hydrogens is 340 g/mol. The summed E-state index contributed by atoms with van der Waals surface area (Å²) in [5.41, 5.74) is 2.76. The van der Waals surface area contributed by atoms with Crippen molar-refractivity contribution in [1.29, 1.82) is 0 Å². The van der Waals surface area contributed by atoms with Gasteiger partial charge in [-0.1, -0.05) is 31.2 Å². The first kappa shape index (κ1) is 19.0. The van der Waals surface area contributed by atoms with Crippen LogP contribution in [-0.2, 0) is 17.8 Å². The van der Waals surface area contributed by atoms with Crippen LogP contribution >= 0.6 is 0 Å². The number of amides is 2. The predicted molar refractivity (Wildman–Crippen MR) is 104 cm³/mol. The number of hydrogen-bond donors (Lipinski definition) is 1. The minimum Gasteiger partial charge on any atom is -0.339 e. The molecule has 2 aromatic rings. The van der Waals surface area contributed by atoms with Gasteiger partial charge in [0.25, 0.3) is 5.91 Å². The Balaban J connectivity index is 1.76. The maximum atomic E-state index is 13.0. The molecule has 0 radical (unpaired) electrons. The summed E-state index contributed by atoms with van der Waals surface area (Å²) in [7, 11) is 0. The van der Waals surface area contributed by atoms with Crippen molar-refractivity contribution in [2.75, 3.05) is 32.7 Å². The molecule has 6 nitrogen and oxygen atoms in total. The molecule has 2 heterocycles. The van der Waals surface area contributed by atoms with Gasteiger partial charge in [0.05, 0.1) is 5.56 Å². The topological polar surface area (TPSA) is 65.5 Å². The van der Waals surface area contributed by atoms with E-state index >= 15 is 0 Å². The van der Waals surface area contributed by atoms with Crippen LogP contribution in [-0.4, -0.2) is 59.3 Å². The third-order valence-electron chi connectivity index (χ3n) is 4.80. The van der Waals surface area contributed by atoms with Gasteiger partial charge in [-0.15, -0.1) is 0 Å². The van der Waals surface area contributed by atoms with Gasteiger partial charge in [0.2, 0.25) is 5.91 Å². The van der Waals surface area contributed by atoms with Gasteiger partial charge >= 0.3 is 0 Å². The average molecular weight is 366 g/mol. The Morgan fingerprint density at radius 1 is 1.11 bits per heavy atom. The van der Waals surface area contributed by atoms with Crippen molar-refractivity contribution in [3.63, 3.8) is 0 Å². The van der Waals surface area contributed by atoms with Gasteiger partial charge in [0, 0.05) is 45.1 Å². The number of piperazine rings is 1. The number of carbonyl (C=O) groups excluding carboxylic acids is 2. The zero-order chi connectivity index (χ0) is 19.1. The minimum atomic E-state index is -0.175. The van der Waals surface area contributed by atoms with Crippen molar-refractivity contribution >= 4 is 11.8 Å². The molecule has 1 N–H and O–H groups in total. The monoisotopic (exact) mass is 366 g/mol. The number of carbonyl (C=O) groups is 2. The second kappa shape index (κ2) is 9.28. The van der Waals surface area contributed by atoms with Gasteiger partial charge in [-0.3, -0.25) is 14.6 Å². The van der Waals surface area contributed by atoms with Crippen LogP contribution in [0.5, 0.6) is 0 Å². The molecular formula is C21H26N4O2. The fourth-order valence-corrected chi connectivity index (χ4v) is 3.15. The highest BCUT2D eigenvalue weighted by atomic mass is 16.2. The highest BCUT2D eigenvalue weighted by molar-refractivity contribution is 5.96. The van der Waals surface area contributed by atoms with E-state index in [1.165, 1.54) is 5.56 Å². The molecule has 1 aromatic heterocycles. The van der Waals surface area contributed by atoms with Gasteiger partial charge < -0.3 is 15.1 Å². The Hall–Kier alpha value is -2.73. The van der Waals surface area contributed by atoms with Gasteiger partial charge in [-0.25, -0.2) is 0 Å². The van der Waals surface area contributed by atoms with E-state index in [4.69, 9.17) is 0 Å². The van der Waals surface area contributed by atoms with Gasteiger partial charge in [-0.2, -0.15) is 0 Å². The molecule has 142 valence electrons. The number of hydrogen-bond acceptors (Lipinski definition) is 4. The van der Waals surface area contributed by atoms with E-state index in [-0.39, 0.29) is 18.4 Å². The number of aryl methyl sites for hydroxylation is 1. The van der Waals surface area contributed by atoms with E-state index in [0.717, 1.165) is 25.1 Å². The molecule has 1 aromatic carbocycles. The van der Waals surface area contributed by atoms with Crippen LogP contribution in [0.15, 0.2) is 48.8 Å². The predicted octanol–water partition coefficient (Wildman–Crippen LogP) is 1.72. The Kier molecular flexibility index (Phi) is 6.54. The summed E-state index contributed by atoms with van der Waals surface area (Å²) < 4.78 is 0. The molecule has 0 unspecified atom stereocenters. The molecule has 6 heteroatoms. The molecule has 2 amide bonds. The fourth-order valence-electron chi connectivity index (χ4n) is 3.15. The maximum absolute atomic E-state index is 13.0. The summed E-state index contributed by atoms with van der Waals surface area (Å²) in [6.07, 6.45) is 4.15. The van der Waals surface area contributed by atoms with E-state index in [1.807, 2.05) is 17.0 Å². The third kappa shape index (κ3) is 5.14. The van der Waals surface area contributed by atoms with E-state index in [9.17, 15) is 9.59 Å². The molecule has 0 atom stereocenters. The van der Waals surface area contributed by atoms with Crippen molar-refractivity contribution in [3.8, 4) is 0 Å². The molecule has 1 fully saturated rings. The fraction of sp³-hybridized carbons (Fsp3) is 0.381. The van der Waals surface area contributed by atoms with Crippen LogP contribution in [0, 0.1) is 0 Å². The van der Waals surface area contributed by atoms with Crippen molar-refractivity contribution < 1.29 is 9.59 Å². The molecule has 27 heavy (non-hydrogen) atoms. The first-order chi connectivity index (χ1) is 13.2. The number of rotatable bonds is 6. The van der Waals surface area contributed by atoms with Crippen molar-refractivity contribution in [2.24, 2.45) is 0 Å². The van der Waals surface area contributed by atoms with Crippen LogP contribution in [0.1, 0.15) is 28.4 Å². The first-order valence-electron chi connectivity index (χ1n) is 9.43. The third-order valence-corrected chi connectivity index (χ3v) is 4.80. The van der Waals surface area contributed by atoms with E-state index < -0.39 is 0 Å². The second-order valence-electron chi connectivity index (χ2n) is 6.70. The maximum Gasteiger partial charge on any atom is 0.256 e. The lowest BCUT2D eigenvalue weighted by atomic mass is 10.1. The highest BCUT2D eigenvalue weighted by Crippen LogP contribution is 2.12. The number of nitrogens with one attached hydrogen (secondary N) is 1. The Morgan fingerprint density at radius 3 is 2.44 bits per heavy atom. The summed E-state index contributed by atoms with van der Waals surface area (Å²) in [4.78, 5) is 33.2. The molecule has 0 bridgehead atoms. The Morgan fingerprint density at radius 2 is 1.81 bits per heavy atom. The van der Waals surface area contributed by atoms with Crippen molar-refractivity contribution in [2.45, 2.75) is 19.9 Å². The van der Waals surface area contributed by atoms with Crippen LogP contribution in [0.25, 0.3) is 0 Å². The lowest BCUT2D eigenvalue weighted by molar-refractivity contribution is -0.132. The summed E-state index contributed by atoms with van der Waals surface area (Å²) >= 11 is 0. The van der Waals surface area contributed by atoms with Crippen LogP contribution < -0.4 is 5.32 Å². The highest BCUT2D eigenvalue weighted by Gasteiger charge is 2.23. The van der Waals surface area contributed by atoms with E-state index in [1.54, 1.807) is 29.4 Å². The second-order valence-corrected chi connectivity index (χ2v) is 6.70. The lowest BCUT2D eigenvalue weighted by Gasteiger charge is -2.30. The van der Waals surface area contributed by atoms with Gasteiger partial charge in [-0.05, 0) is 29.7 Å². The first-order valence-corrected chi connectivity index (χ1v) is 9.43. The average Bonchev–Trinajstić information content (AvgIpc) is 2.74. The van der Waals surface area contributed by atoms with E-state index in [2.05, 4.69) is 29.4 Å². The standard InChI is InChI=1S/C21H26N4O2/c1-2-17-5-7-18(8-6-17)15-25(21(27)19-4-3-9-23-14-19)16-20(26)24-12-10-22-11-13-24/h3-9,14,22H,2,10-13,15-16H2,1H3. The molecule has 1 saturated heterocycles. The zero-order valence-electron chi connectivity index (χ0n) is 15.7. The molecule has 0 saturated carbocycles.